The van der Waals surface area contributed by atoms with Gasteiger partial charge in [0.05, 0.1) is 25.0 Å². The lowest BCUT2D eigenvalue weighted by molar-refractivity contribution is -0.340. The van der Waals surface area contributed by atoms with Gasteiger partial charge in [0, 0.05) is 18.8 Å². The van der Waals surface area contributed by atoms with Crippen molar-refractivity contribution in [3.8, 4) is 0 Å². The van der Waals surface area contributed by atoms with Gasteiger partial charge in [-0.15, -0.1) is 6.58 Å². The minimum absolute atomic E-state index is 0.239. The van der Waals surface area contributed by atoms with Crippen molar-refractivity contribution in [2.24, 2.45) is 11.8 Å². The number of hydrogen-bond acceptors (Lipinski definition) is 10. The molecule has 0 aromatic heterocycles. The molecule has 0 aromatic carbocycles. The van der Waals surface area contributed by atoms with E-state index in [4.69, 9.17) is 23.7 Å². The summed E-state index contributed by atoms with van der Waals surface area (Å²) in [6.07, 6.45) is -4.39. The van der Waals surface area contributed by atoms with E-state index in [1.807, 2.05) is 0 Å². The Kier molecular flexibility index (Phi) is 6.36. The summed E-state index contributed by atoms with van der Waals surface area (Å²) in [5, 5.41) is 29.7. The Morgan fingerprint density at radius 3 is 2.75 bits per heavy atom. The first-order chi connectivity index (χ1) is 13.4. The molecule has 2 saturated heterocycles. The third-order valence-electron chi connectivity index (χ3n) is 5.07. The van der Waals surface area contributed by atoms with Gasteiger partial charge in [0.15, 0.2) is 6.10 Å². The van der Waals surface area contributed by atoms with Crippen LogP contribution in [0.5, 0.6) is 0 Å². The molecule has 0 spiro atoms. The van der Waals surface area contributed by atoms with E-state index >= 15 is 0 Å². The summed E-state index contributed by atoms with van der Waals surface area (Å²) in [6.45, 7) is 4.59. The zero-order valence-electron chi connectivity index (χ0n) is 15.3. The van der Waals surface area contributed by atoms with Crippen molar-refractivity contribution in [2.45, 2.75) is 50.3 Å². The molecule has 0 amide bonds. The summed E-state index contributed by atoms with van der Waals surface area (Å²) in [7, 11) is 0. The monoisotopic (exact) mass is 400 g/mol. The molecule has 156 valence electrons. The van der Waals surface area contributed by atoms with Crippen LogP contribution < -0.4 is 0 Å². The van der Waals surface area contributed by atoms with Crippen LogP contribution in [-0.4, -0.2) is 77.5 Å². The first-order valence-electron chi connectivity index (χ1n) is 8.97. The van der Waals surface area contributed by atoms with Crippen LogP contribution in [0.2, 0.25) is 0 Å². The molecule has 3 aliphatic heterocycles. The first-order valence-corrected chi connectivity index (χ1v) is 8.97. The molecule has 0 aliphatic carbocycles. The fraction of sp³-hybridized carbons (Fsp3) is 0.667. The average molecular weight is 400 g/mol. The van der Waals surface area contributed by atoms with Crippen molar-refractivity contribution in [2.75, 3.05) is 13.2 Å². The van der Waals surface area contributed by atoms with Crippen LogP contribution in [0.15, 0.2) is 24.5 Å². The van der Waals surface area contributed by atoms with Gasteiger partial charge in [-0.05, 0) is 6.42 Å². The van der Waals surface area contributed by atoms with Crippen LogP contribution >= 0.6 is 0 Å². The van der Waals surface area contributed by atoms with Gasteiger partial charge in [0.25, 0.3) is 0 Å². The fourth-order valence-electron chi connectivity index (χ4n) is 3.64. The van der Waals surface area contributed by atoms with Gasteiger partial charge < -0.3 is 39.0 Å². The Morgan fingerprint density at radius 1 is 1.36 bits per heavy atom. The van der Waals surface area contributed by atoms with Crippen LogP contribution in [0, 0.1) is 11.8 Å². The Hall–Kier alpha value is -1.98. The largest absolute Gasteiger partial charge is 0.471 e. The summed E-state index contributed by atoms with van der Waals surface area (Å²) in [4.78, 5) is 23.3. The molecule has 28 heavy (non-hydrogen) atoms. The second kappa shape index (κ2) is 8.58. The normalized spacial score (nSPS) is 40.4. The molecule has 0 aromatic rings. The molecule has 0 radical (unpaired) electrons. The first kappa shape index (κ1) is 20.7. The molecule has 0 unspecified atom stereocenters. The second-order valence-corrected chi connectivity index (χ2v) is 6.84. The number of rotatable bonds is 5. The van der Waals surface area contributed by atoms with E-state index in [2.05, 4.69) is 6.58 Å². The number of hydrogen-bond donors (Lipinski definition) is 3. The van der Waals surface area contributed by atoms with Crippen molar-refractivity contribution < 1.29 is 48.6 Å². The highest BCUT2D eigenvalue weighted by Crippen LogP contribution is 2.38. The number of carbonyl (C=O) groups excluding carboxylic acids is 2. The zero-order chi connectivity index (χ0) is 20.4. The van der Waals surface area contributed by atoms with E-state index < -0.39 is 61.5 Å². The van der Waals surface area contributed by atoms with Crippen molar-refractivity contribution in [1.29, 1.82) is 0 Å². The fourth-order valence-corrected chi connectivity index (χ4v) is 3.64. The Morgan fingerprint density at radius 2 is 2.11 bits per heavy atom. The van der Waals surface area contributed by atoms with E-state index in [0.29, 0.717) is 12.0 Å². The van der Waals surface area contributed by atoms with E-state index in [-0.39, 0.29) is 12.5 Å². The van der Waals surface area contributed by atoms with Crippen LogP contribution in [-0.2, 0) is 33.3 Å². The predicted molar refractivity (Wildman–Crippen MR) is 90.1 cm³/mol. The lowest BCUT2D eigenvalue weighted by Crippen LogP contribution is -2.61. The molecular formula is C18H24O10. The average Bonchev–Trinajstić information content (AvgIpc) is 2.67. The molecule has 3 N–H and O–H groups in total. The molecule has 10 nitrogen and oxygen atoms in total. The lowest BCUT2D eigenvalue weighted by atomic mass is 9.81. The van der Waals surface area contributed by atoms with Gasteiger partial charge in [0.2, 0.25) is 12.6 Å². The van der Waals surface area contributed by atoms with E-state index in [9.17, 15) is 24.9 Å². The second-order valence-electron chi connectivity index (χ2n) is 6.84. The molecule has 2 fully saturated rings. The van der Waals surface area contributed by atoms with Crippen LogP contribution in [0.3, 0.4) is 0 Å². The van der Waals surface area contributed by atoms with Gasteiger partial charge in [-0.25, -0.2) is 4.79 Å². The number of ether oxygens (including phenoxy) is 5. The van der Waals surface area contributed by atoms with Gasteiger partial charge in [0.1, 0.15) is 18.3 Å². The number of esters is 2. The number of cyclic esters (lactones) is 1. The Labute approximate surface area is 161 Å². The maximum atomic E-state index is 11.9. The quantitative estimate of drug-likeness (QED) is 0.388. The topological polar surface area (TPSA) is 141 Å². The Balaban J connectivity index is 1.81. The molecule has 0 bridgehead atoms. The van der Waals surface area contributed by atoms with Gasteiger partial charge in [-0.1, -0.05) is 6.08 Å². The van der Waals surface area contributed by atoms with Gasteiger partial charge in [-0.2, -0.15) is 0 Å². The standard InChI is InChI=1S/C18H24O10/c1-3-9-10-4-5-24-16(23)11(10)7-25-17(9)28-18-15(26-8(2)20)14(22)13(21)12(6-19)27-18/h3,7,9-10,12-15,17-19,21-22H,1,4-6H2,2H3/t9-,10+,12-,13-,14+,15-,17+,18+/m1/s1. The van der Waals surface area contributed by atoms with Crippen molar-refractivity contribution in [3.05, 3.63) is 24.5 Å². The summed E-state index contributed by atoms with van der Waals surface area (Å²) in [6, 6.07) is 0. The maximum absolute atomic E-state index is 11.9. The smallest absolute Gasteiger partial charge is 0.337 e. The predicted octanol–water partition coefficient (Wildman–Crippen LogP) is -1.02. The van der Waals surface area contributed by atoms with Gasteiger partial charge >= 0.3 is 11.9 Å². The highest BCUT2D eigenvalue weighted by molar-refractivity contribution is 5.89. The van der Waals surface area contributed by atoms with Crippen LogP contribution in [0.25, 0.3) is 0 Å². The lowest BCUT2D eigenvalue weighted by Gasteiger charge is -2.44. The Bertz CT molecular complexity index is 646. The van der Waals surface area contributed by atoms with Crippen molar-refractivity contribution in [3.63, 3.8) is 0 Å². The summed E-state index contributed by atoms with van der Waals surface area (Å²) in [5.74, 6) is -1.85. The van der Waals surface area contributed by atoms with Crippen molar-refractivity contribution in [1.82, 2.24) is 0 Å². The number of carbonyl (C=O) groups is 2. The SMILES string of the molecule is C=C[C@H]1[C@H](O[C@@H]2O[C@H](CO)[C@@H](O)[C@H](O)[C@H]2OC(C)=O)OC=C2C(=O)OCC[C@H]21. The number of fused-ring (bicyclic) bond motifs is 1. The minimum Gasteiger partial charge on any atom is -0.471 e. The molecule has 3 heterocycles. The molecule has 0 saturated carbocycles. The summed E-state index contributed by atoms with van der Waals surface area (Å²) >= 11 is 0. The zero-order valence-corrected chi connectivity index (χ0v) is 15.3. The summed E-state index contributed by atoms with van der Waals surface area (Å²) in [5.41, 5.74) is 0.376. The van der Waals surface area contributed by atoms with E-state index in [1.165, 1.54) is 6.26 Å². The van der Waals surface area contributed by atoms with Crippen LogP contribution in [0.1, 0.15) is 13.3 Å². The molecular weight excluding hydrogens is 376 g/mol. The third kappa shape index (κ3) is 3.91. The van der Waals surface area contributed by atoms with Crippen molar-refractivity contribution >= 4 is 11.9 Å². The molecule has 10 heteroatoms. The molecule has 3 rings (SSSR count). The minimum atomic E-state index is -1.54. The molecule has 3 aliphatic rings. The van der Waals surface area contributed by atoms with E-state index in [1.54, 1.807) is 6.08 Å². The van der Waals surface area contributed by atoms with Crippen LogP contribution in [0.4, 0.5) is 0 Å². The number of aliphatic hydroxyl groups excluding tert-OH is 3. The highest BCUT2D eigenvalue weighted by Gasteiger charge is 2.50. The molecule has 8 atom stereocenters. The van der Waals surface area contributed by atoms with Gasteiger partial charge in [-0.3, -0.25) is 4.79 Å². The highest BCUT2D eigenvalue weighted by atomic mass is 16.8. The third-order valence-corrected chi connectivity index (χ3v) is 5.07. The maximum Gasteiger partial charge on any atom is 0.337 e. The van der Waals surface area contributed by atoms with E-state index in [0.717, 1.165) is 6.92 Å². The number of aliphatic hydroxyl groups is 3. The summed E-state index contributed by atoms with van der Waals surface area (Å²) < 4.78 is 26.9.